The molecule has 0 aliphatic carbocycles. The number of hydrogen-bond donors (Lipinski definition) is 2. The number of benzene rings is 1. The van der Waals surface area contributed by atoms with E-state index in [1.54, 1.807) is 41.3 Å². The summed E-state index contributed by atoms with van der Waals surface area (Å²) >= 11 is 0. The summed E-state index contributed by atoms with van der Waals surface area (Å²) in [4.78, 5) is 26.8. The third-order valence-corrected chi connectivity index (χ3v) is 4.03. The molecule has 1 aromatic carbocycles. The Morgan fingerprint density at radius 1 is 1.20 bits per heavy atom. The molecule has 0 bridgehead atoms. The third kappa shape index (κ3) is 4.36. The number of rotatable bonds is 4. The van der Waals surface area contributed by atoms with E-state index in [2.05, 4.69) is 5.32 Å². The minimum atomic E-state index is -0.535. The Labute approximate surface area is 145 Å². The summed E-state index contributed by atoms with van der Waals surface area (Å²) in [6.07, 6.45) is 3.87. The van der Waals surface area contributed by atoms with Gasteiger partial charge in [-0.1, -0.05) is 18.2 Å². The molecule has 1 unspecified atom stereocenters. The number of β-amino-alcohol motifs (C(OH)–C–C–N with tert-alkyl or cyclic N) is 1. The summed E-state index contributed by atoms with van der Waals surface area (Å²) in [5, 5.41) is 12.5. The second-order valence-electron chi connectivity index (χ2n) is 5.94. The minimum absolute atomic E-state index is 0.123. The van der Waals surface area contributed by atoms with Crippen LogP contribution < -0.4 is 5.32 Å². The van der Waals surface area contributed by atoms with Gasteiger partial charge in [0.15, 0.2) is 0 Å². The van der Waals surface area contributed by atoms with Crippen molar-refractivity contribution in [2.45, 2.75) is 18.9 Å². The summed E-state index contributed by atoms with van der Waals surface area (Å²) in [5.41, 5.74) is 0.581. The SMILES string of the molecule is O=C(NC(=Cc1ccco1)C(=O)N1CCCC(O)C1)c1ccccc1. The summed E-state index contributed by atoms with van der Waals surface area (Å²) in [5.74, 6) is -0.238. The third-order valence-electron chi connectivity index (χ3n) is 4.03. The molecule has 0 radical (unpaired) electrons. The van der Waals surface area contributed by atoms with E-state index in [9.17, 15) is 14.7 Å². The highest BCUT2D eigenvalue weighted by molar-refractivity contribution is 6.05. The van der Waals surface area contributed by atoms with Gasteiger partial charge < -0.3 is 19.7 Å². The van der Waals surface area contributed by atoms with Crippen LogP contribution >= 0.6 is 0 Å². The lowest BCUT2D eigenvalue weighted by atomic mass is 10.1. The van der Waals surface area contributed by atoms with Gasteiger partial charge in [-0.3, -0.25) is 9.59 Å². The number of amides is 2. The van der Waals surface area contributed by atoms with E-state index in [-0.39, 0.29) is 24.1 Å². The molecule has 6 nitrogen and oxygen atoms in total. The molecule has 25 heavy (non-hydrogen) atoms. The van der Waals surface area contributed by atoms with Gasteiger partial charge in [0, 0.05) is 24.7 Å². The van der Waals surface area contributed by atoms with E-state index in [0.29, 0.717) is 24.3 Å². The van der Waals surface area contributed by atoms with Gasteiger partial charge in [0.1, 0.15) is 11.5 Å². The van der Waals surface area contributed by atoms with Crippen molar-refractivity contribution in [3.05, 3.63) is 65.7 Å². The number of furan rings is 1. The number of nitrogens with one attached hydrogen (secondary N) is 1. The molecule has 1 atom stereocenters. The highest BCUT2D eigenvalue weighted by atomic mass is 16.3. The molecule has 6 heteroatoms. The average molecular weight is 340 g/mol. The lowest BCUT2D eigenvalue weighted by Gasteiger charge is -2.30. The van der Waals surface area contributed by atoms with Crippen molar-refractivity contribution in [1.82, 2.24) is 10.2 Å². The number of piperidine rings is 1. The average Bonchev–Trinajstić information content (AvgIpc) is 3.14. The van der Waals surface area contributed by atoms with Crippen LogP contribution in [-0.2, 0) is 4.79 Å². The van der Waals surface area contributed by atoms with E-state index in [0.717, 1.165) is 6.42 Å². The van der Waals surface area contributed by atoms with Crippen LogP contribution in [0, 0.1) is 0 Å². The number of carbonyl (C=O) groups excluding carboxylic acids is 2. The maximum atomic E-state index is 12.8. The quantitative estimate of drug-likeness (QED) is 0.835. The van der Waals surface area contributed by atoms with Crippen molar-refractivity contribution in [3.8, 4) is 0 Å². The van der Waals surface area contributed by atoms with Crippen LogP contribution in [0.4, 0.5) is 0 Å². The summed E-state index contributed by atoms with van der Waals surface area (Å²) in [7, 11) is 0. The van der Waals surface area contributed by atoms with E-state index in [4.69, 9.17) is 4.42 Å². The van der Waals surface area contributed by atoms with Crippen molar-refractivity contribution in [1.29, 1.82) is 0 Å². The molecule has 2 N–H and O–H groups in total. The van der Waals surface area contributed by atoms with Crippen LogP contribution in [0.3, 0.4) is 0 Å². The minimum Gasteiger partial charge on any atom is -0.465 e. The van der Waals surface area contributed by atoms with Gasteiger partial charge in [-0.25, -0.2) is 0 Å². The lowest BCUT2D eigenvalue weighted by molar-refractivity contribution is -0.130. The Hall–Kier alpha value is -2.86. The van der Waals surface area contributed by atoms with E-state index in [1.807, 2.05) is 6.07 Å². The molecule has 2 heterocycles. The molecule has 0 spiro atoms. The fourth-order valence-corrected chi connectivity index (χ4v) is 2.76. The molecule has 130 valence electrons. The number of aliphatic hydroxyl groups excluding tert-OH is 1. The lowest BCUT2D eigenvalue weighted by Crippen LogP contribution is -2.45. The zero-order valence-corrected chi connectivity index (χ0v) is 13.7. The smallest absolute Gasteiger partial charge is 0.270 e. The van der Waals surface area contributed by atoms with Crippen molar-refractivity contribution in [2.24, 2.45) is 0 Å². The van der Waals surface area contributed by atoms with Crippen molar-refractivity contribution < 1.29 is 19.1 Å². The van der Waals surface area contributed by atoms with E-state index in [1.165, 1.54) is 12.3 Å². The predicted molar refractivity (Wildman–Crippen MR) is 92.4 cm³/mol. The van der Waals surface area contributed by atoms with Crippen molar-refractivity contribution >= 4 is 17.9 Å². The molecule has 2 aromatic rings. The van der Waals surface area contributed by atoms with Gasteiger partial charge in [-0.2, -0.15) is 0 Å². The summed E-state index contributed by atoms with van der Waals surface area (Å²) in [6, 6.07) is 12.1. The molecular formula is C19H20N2O4. The number of likely N-dealkylation sites (tertiary alicyclic amines) is 1. The number of aliphatic hydroxyl groups is 1. The molecule has 1 aromatic heterocycles. The first-order chi connectivity index (χ1) is 12.1. The second kappa shape index (κ2) is 7.81. The van der Waals surface area contributed by atoms with Crippen LogP contribution in [0.25, 0.3) is 6.08 Å². The van der Waals surface area contributed by atoms with Gasteiger partial charge in [0.25, 0.3) is 11.8 Å². The normalized spacial score (nSPS) is 18.0. The van der Waals surface area contributed by atoms with Gasteiger partial charge in [-0.15, -0.1) is 0 Å². The van der Waals surface area contributed by atoms with Gasteiger partial charge in [-0.05, 0) is 37.1 Å². The molecule has 1 saturated heterocycles. The van der Waals surface area contributed by atoms with Gasteiger partial charge in [0.05, 0.1) is 12.4 Å². The van der Waals surface area contributed by atoms with Crippen LogP contribution in [0.2, 0.25) is 0 Å². The van der Waals surface area contributed by atoms with Crippen LogP contribution in [0.1, 0.15) is 29.0 Å². The molecular weight excluding hydrogens is 320 g/mol. The molecule has 1 aliphatic rings. The highest BCUT2D eigenvalue weighted by Crippen LogP contribution is 2.15. The van der Waals surface area contributed by atoms with E-state index < -0.39 is 6.10 Å². The van der Waals surface area contributed by atoms with Crippen LogP contribution in [0.15, 0.2) is 58.8 Å². The van der Waals surface area contributed by atoms with Gasteiger partial charge in [0.2, 0.25) is 0 Å². The monoisotopic (exact) mass is 340 g/mol. The first-order valence-electron chi connectivity index (χ1n) is 8.22. The second-order valence-corrected chi connectivity index (χ2v) is 5.94. The zero-order valence-electron chi connectivity index (χ0n) is 13.7. The maximum absolute atomic E-state index is 12.8. The number of hydrogen-bond acceptors (Lipinski definition) is 4. The number of nitrogens with zero attached hydrogens (tertiary/aromatic N) is 1. The first kappa shape index (κ1) is 17.0. The summed E-state index contributed by atoms with van der Waals surface area (Å²) in [6.45, 7) is 0.808. The standard InChI is InChI=1S/C19H20N2O4/c22-15-8-4-10-21(13-15)19(24)17(12-16-9-5-11-25-16)20-18(23)14-6-2-1-3-7-14/h1-3,5-7,9,11-12,15,22H,4,8,10,13H2,(H,20,23). The molecule has 1 aliphatic heterocycles. The Morgan fingerprint density at radius 3 is 2.68 bits per heavy atom. The molecule has 0 saturated carbocycles. The highest BCUT2D eigenvalue weighted by Gasteiger charge is 2.26. The fourth-order valence-electron chi connectivity index (χ4n) is 2.76. The van der Waals surface area contributed by atoms with Gasteiger partial charge >= 0.3 is 0 Å². The predicted octanol–water partition coefficient (Wildman–Crippen LogP) is 2.03. The van der Waals surface area contributed by atoms with Crippen LogP contribution in [0.5, 0.6) is 0 Å². The Bertz CT molecular complexity index is 753. The molecule has 2 amide bonds. The number of carbonyl (C=O) groups is 2. The molecule has 1 fully saturated rings. The van der Waals surface area contributed by atoms with Crippen LogP contribution in [-0.4, -0.2) is 41.0 Å². The zero-order chi connectivity index (χ0) is 17.6. The van der Waals surface area contributed by atoms with Crippen molar-refractivity contribution in [2.75, 3.05) is 13.1 Å². The molecule has 3 rings (SSSR count). The van der Waals surface area contributed by atoms with Crippen molar-refractivity contribution in [3.63, 3.8) is 0 Å². The van der Waals surface area contributed by atoms with E-state index >= 15 is 0 Å². The first-order valence-corrected chi connectivity index (χ1v) is 8.22. The summed E-state index contributed by atoms with van der Waals surface area (Å²) < 4.78 is 5.26. The maximum Gasteiger partial charge on any atom is 0.270 e. The Kier molecular flexibility index (Phi) is 5.30. The topological polar surface area (TPSA) is 82.8 Å². The fraction of sp³-hybridized carbons (Fsp3) is 0.263. The Balaban J connectivity index is 1.82. The largest absolute Gasteiger partial charge is 0.465 e. The Morgan fingerprint density at radius 2 is 2.00 bits per heavy atom.